The van der Waals surface area contributed by atoms with Gasteiger partial charge in [0.05, 0.1) is 21.3 Å². The molecule has 11 heteroatoms. The van der Waals surface area contributed by atoms with E-state index >= 15 is 0 Å². The van der Waals surface area contributed by atoms with E-state index in [-0.39, 0.29) is 46.6 Å². The number of rotatable bonds is 4. The number of carbonyl (C=O) groups excluding carboxylic acids is 3. The Bertz CT molecular complexity index is 1460. The van der Waals surface area contributed by atoms with Crippen molar-refractivity contribution in [2.45, 2.75) is 31.3 Å². The van der Waals surface area contributed by atoms with E-state index in [0.29, 0.717) is 47.3 Å². The Balaban J connectivity index is 1.49. The smallest absolute Gasteiger partial charge is 0.236 e. The van der Waals surface area contributed by atoms with Gasteiger partial charge in [-0.3, -0.25) is 14.4 Å². The lowest BCUT2D eigenvalue weighted by Gasteiger charge is -2.41. The monoisotopic (exact) mass is 555 g/mol. The van der Waals surface area contributed by atoms with Gasteiger partial charge in [0.15, 0.2) is 17.2 Å². The van der Waals surface area contributed by atoms with Crippen molar-refractivity contribution in [3.63, 3.8) is 0 Å². The fourth-order valence-electron chi connectivity index (χ4n) is 5.97. The summed E-state index contributed by atoms with van der Waals surface area (Å²) < 4.78 is 34.1. The van der Waals surface area contributed by atoms with E-state index in [2.05, 4.69) is 5.32 Å². The minimum Gasteiger partial charge on any atom is -0.496 e. The Hall–Kier alpha value is -3.92. The number of methoxy groups -OCH3 is 3. The molecule has 1 spiro atoms. The maximum absolute atomic E-state index is 14.5. The molecule has 6 rings (SSSR count). The summed E-state index contributed by atoms with van der Waals surface area (Å²) in [5.41, 5.74) is -0.407. The van der Waals surface area contributed by atoms with Gasteiger partial charge in [-0.2, -0.15) is 0 Å². The first-order valence-electron chi connectivity index (χ1n) is 12.5. The fourth-order valence-corrected chi connectivity index (χ4v) is 6.23. The van der Waals surface area contributed by atoms with Crippen molar-refractivity contribution in [3.05, 3.63) is 45.6 Å². The van der Waals surface area contributed by atoms with E-state index in [9.17, 15) is 14.4 Å². The van der Waals surface area contributed by atoms with Gasteiger partial charge in [-0.1, -0.05) is 18.5 Å². The normalized spacial score (nSPS) is 25.1. The molecule has 4 aliphatic rings. The molecule has 0 bridgehead atoms. The molecule has 0 saturated carbocycles. The second kappa shape index (κ2) is 9.08. The summed E-state index contributed by atoms with van der Waals surface area (Å²) >= 11 is 6.55. The second-order valence-corrected chi connectivity index (χ2v) is 10.2. The average molecular weight is 556 g/mol. The number of hydrogen-bond donors (Lipinski definition) is 1. The number of halogens is 1. The molecular weight excluding hydrogens is 530 g/mol. The largest absolute Gasteiger partial charge is 0.496 e. The number of benzene rings is 2. The molecule has 0 unspecified atom stereocenters. The summed E-state index contributed by atoms with van der Waals surface area (Å²) in [6.07, 6.45) is 0.207. The minimum absolute atomic E-state index is 0.0170. The zero-order valence-electron chi connectivity index (χ0n) is 21.8. The third-order valence-corrected chi connectivity index (χ3v) is 8.17. The number of ether oxygens (including phenoxy) is 6. The summed E-state index contributed by atoms with van der Waals surface area (Å²) in [5, 5.41) is 2.93. The van der Waals surface area contributed by atoms with Gasteiger partial charge in [-0.25, -0.2) is 0 Å². The van der Waals surface area contributed by atoms with Gasteiger partial charge in [0, 0.05) is 35.6 Å². The third-order valence-electron chi connectivity index (χ3n) is 7.81. The van der Waals surface area contributed by atoms with Crippen molar-refractivity contribution in [2.75, 3.05) is 34.5 Å². The number of allylic oxidation sites excluding steroid dienone is 1. The van der Waals surface area contributed by atoms with E-state index in [1.165, 1.54) is 27.4 Å². The quantitative estimate of drug-likeness (QED) is 0.564. The summed E-state index contributed by atoms with van der Waals surface area (Å²) in [6, 6.07) is 4.98. The minimum atomic E-state index is -1.89. The van der Waals surface area contributed by atoms with Crippen molar-refractivity contribution in [1.82, 2.24) is 5.32 Å². The van der Waals surface area contributed by atoms with E-state index in [1.807, 2.05) is 0 Å². The standard InChI is InChI=1S/C28H26ClNO9/c1-12-7-15-21(14(10-20(31)30-15)13-8-18(36-4)24-19(9-13)37-5-6-38-24)26(32)28(12)27(33)22-16(34-2)11-17(35-3)23(29)25(22)39-28/h8-9,11-12,14H,5-7,10H2,1-4H3,(H,30,31)/t12-,14-,28+/m1/s1. The number of hydrogen-bond acceptors (Lipinski definition) is 9. The lowest BCUT2D eigenvalue weighted by atomic mass is 9.66. The van der Waals surface area contributed by atoms with Crippen LogP contribution in [0.25, 0.3) is 0 Å². The van der Waals surface area contributed by atoms with Crippen LogP contribution in [-0.2, 0) is 9.59 Å². The fraction of sp³-hybridized carbons (Fsp3) is 0.393. The highest BCUT2D eigenvalue weighted by atomic mass is 35.5. The average Bonchev–Trinajstić information content (AvgIpc) is 3.25. The zero-order valence-corrected chi connectivity index (χ0v) is 22.5. The summed E-state index contributed by atoms with van der Waals surface area (Å²) in [4.78, 5) is 41.4. The Morgan fingerprint density at radius 3 is 2.33 bits per heavy atom. The van der Waals surface area contributed by atoms with Crippen LogP contribution in [0, 0.1) is 5.92 Å². The van der Waals surface area contributed by atoms with Crippen LogP contribution in [0.5, 0.6) is 34.5 Å². The lowest BCUT2D eigenvalue weighted by molar-refractivity contribution is -0.131. The maximum atomic E-state index is 14.5. The van der Waals surface area contributed by atoms with Crippen molar-refractivity contribution < 1.29 is 42.8 Å². The van der Waals surface area contributed by atoms with Crippen molar-refractivity contribution in [2.24, 2.45) is 5.92 Å². The van der Waals surface area contributed by atoms with Gasteiger partial charge < -0.3 is 33.7 Å². The molecule has 1 amide bonds. The molecule has 1 aliphatic carbocycles. The van der Waals surface area contributed by atoms with Crippen LogP contribution in [0.4, 0.5) is 0 Å². The Kier molecular flexibility index (Phi) is 5.91. The van der Waals surface area contributed by atoms with Gasteiger partial charge in [0.25, 0.3) is 0 Å². The molecule has 204 valence electrons. The topological polar surface area (TPSA) is 119 Å². The number of Topliss-reactive ketones (excluding diaryl/α,β-unsaturated/α-hetero) is 2. The number of nitrogens with one attached hydrogen (secondary N) is 1. The molecule has 0 fully saturated rings. The molecule has 0 radical (unpaired) electrons. The van der Waals surface area contributed by atoms with Crippen LogP contribution >= 0.6 is 11.6 Å². The predicted molar refractivity (Wildman–Crippen MR) is 138 cm³/mol. The lowest BCUT2D eigenvalue weighted by Crippen LogP contribution is -2.59. The number of amides is 1. The van der Waals surface area contributed by atoms with Crippen molar-refractivity contribution >= 4 is 29.1 Å². The first-order valence-corrected chi connectivity index (χ1v) is 12.9. The summed E-state index contributed by atoms with van der Waals surface area (Å²) in [6.45, 7) is 2.47. The second-order valence-electron chi connectivity index (χ2n) is 9.84. The summed E-state index contributed by atoms with van der Waals surface area (Å²) in [7, 11) is 4.35. The van der Waals surface area contributed by atoms with E-state index in [1.54, 1.807) is 19.1 Å². The van der Waals surface area contributed by atoms with E-state index in [0.717, 1.165) is 0 Å². The maximum Gasteiger partial charge on any atom is 0.236 e. The van der Waals surface area contributed by atoms with Crippen LogP contribution in [0.2, 0.25) is 5.02 Å². The summed E-state index contributed by atoms with van der Waals surface area (Å²) in [5.74, 6) is -0.789. The molecule has 0 saturated heterocycles. The highest BCUT2D eigenvalue weighted by Crippen LogP contribution is 2.56. The van der Waals surface area contributed by atoms with Gasteiger partial charge in [0.2, 0.25) is 28.8 Å². The molecular formula is C28H26ClNO9. The van der Waals surface area contributed by atoms with Crippen molar-refractivity contribution in [3.8, 4) is 34.5 Å². The van der Waals surface area contributed by atoms with Crippen LogP contribution in [0.3, 0.4) is 0 Å². The van der Waals surface area contributed by atoms with Crippen molar-refractivity contribution in [1.29, 1.82) is 0 Å². The van der Waals surface area contributed by atoms with Crippen LogP contribution < -0.4 is 33.7 Å². The highest BCUT2D eigenvalue weighted by molar-refractivity contribution is 6.36. The first-order chi connectivity index (χ1) is 18.7. The van der Waals surface area contributed by atoms with Crippen LogP contribution in [-0.4, -0.2) is 57.6 Å². The Morgan fingerprint density at radius 2 is 1.62 bits per heavy atom. The van der Waals surface area contributed by atoms with Gasteiger partial charge in [0.1, 0.15) is 35.3 Å². The van der Waals surface area contributed by atoms with E-state index in [4.69, 9.17) is 40.0 Å². The SMILES string of the molecule is COc1cc(OC)c2c(c1Cl)O[C@@]1(C(=O)C3=C(C[C@H]1C)NC(=O)C[C@@H]3c1cc(OC)c3c(c1)OCCO3)C2=O. The Morgan fingerprint density at radius 1 is 0.897 bits per heavy atom. The molecule has 39 heavy (non-hydrogen) atoms. The predicted octanol–water partition coefficient (Wildman–Crippen LogP) is 3.62. The Labute approximate surface area is 229 Å². The number of carbonyl (C=O) groups is 3. The zero-order chi connectivity index (χ0) is 27.6. The molecule has 3 heterocycles. The highest BCUT2D eigenvalue weighted by Gasteiger charge is 2.63. The molecule has 10 nitrogen and oxygen atoms in total. The number of ketones is 2. The molecule has 0 aromatic heterocycles. The van der Waals surface area contributed by atoms with Crippen LogP contribution in [0.1, 0.15) is 41.6 Å². The third kappa shape index (κ3) is 3.50. The molecule has 2 aromatic rings. The first kappa shape index (κ1) is 25.4. The van der Waals surface area contributed by atoms with Gasteiger partial charge in [-0.15, -0.1) is 0 Å². The molecule has 3 aliphatic heterocycles. The van der Waals surface area contributed by atoms with Crippen LogP contribution in [0.15, 0.2) is 29.5 Å². The molecule has 2 aromatic carbocycles. The van der Waals surface area contributed by atoms with E-state index < -0.39 is 29.0 Å². The molecule has 1 N–H and O–H groups in total. The number of fused-ring (bicyclic) bond motifs is 2. The molecule has 3 atom stereocenters. The van der Waals surface area contributed by atoms with Gasteiger partial charge in [-0.05, 0) is 24.1 Å². The van der Waals surface area contributed by atoms with Gasteiger partial charge >= 0.3 is 0 Å².